The summed E-state index contributed by atoms with van der Waals surface area (Å²) in [5.41, 5.74) is -0.0573. The number of rotatable bonds is 4. The van der Waals surface area contributed by atoms with Crippen LogP contribution in [0.1, 0.15) is 28.8 Å². The lowest BCUT2D eigenvalue weighted by Gasteiger charge is -2.20. The first-order chi connectivity index (χ1) is 10.3. The summed E-state index contributed by atoms with van der Waals surface area (Å²) < 4.78 is 38.9. The van der Waals surface area contributed by atoms with E-state index in [4.69, 9.17) is 5.26 Å². The second-order valence-electron chi connectivity index (χ2n) is 4.78. The summed E-state index contributed by atoms with van der Waals surface area (Å²) in [7, 11) is 1.70. The molecule has 0 aliphatic carbocycles. The van der Waals surface area contributed by atoms with Crippen LogP contribution in [0, 0.1) is 11.3 Å². The van der Waals surface area contributed by atoms with Crippen LogP contribution in [0.4, 0.5) is 18.9 Å². The molecular weight excluding hydrogens is 311 g/mol. The van der Waals surface area contributed by atoms with Crippen LogP contribution in [0.25, 0.3) is 0 Å². The van der Waals surface area contributed by atoms with Crippen molar-refractivity contribution < 1.29 is 13.2 Å². The van der Waals surface area contributed by atoms with E-state index in [1.807, 2.05) is 12.3 Å². The molecule has 0 bridgehead atoms. The summed E-state index contributed by atoms with van der Waals surface area (Å²) in [4.78, 5) is 6.09. The van der Waals surface area contributed by atoms with Crippen molar-refractivity contribution in [3.8, 4) is 6.07 Å². The molecule has 1 aromatic carbocycles. The lowest BCUT2D eigenvalue weighted by atomic mass is 10.1. The van der Waals surface area contributed by atoms with Gasteiger partial charge >= 0.3 is 6.18 Å². The third kappa shape index (κ3) is 3.57. The number of hydrogen-bond donors (Lipinski definition) is 0. The Balaban J connectivity index is 2.26. The lowest BCUT2D eigenvalue weighted by Crippen LogP contribution is -2.18. The summed E-state index contributed by atoms with van der Waals surface area (Å²) in [6.45, 7) is 2.42. The fourth-order valence-electron chi connectivity index (χ4n) is 2.02. The Morgan fingerprint density at radius 2 is 2.09 bits per heavy atom. The summed E-state index contributed by atoms with van der Waals surface area (Å²) in [5, 5.41) is 11.7. The van der Waals surface area contributed by atoms with Crippen molar-refractivity contribution in [2.24, 2.45) is 0 Å². The average Bonchev–Trinajstić information content (AvgIpc) is 2.93. The van der Waals surface area contributed by atoms with Gasteiger partial charge in [0.05, 0.1) is 34.4 Å². The van der Waals surface area contributed by atoms with Crippen molar-refractivity contribution in [1.82, 2.24) is 4.98 Å². The zero-order chi connectivity index (χ0) is 16.3. The summed E-state index contributed by atoms with van der Waals surface area (Å²) >= 11 is 1.54. The van der Waals surface area contributed by atoms with Crippen LogP contribution < -0.4 is 4.90 Å². The Kier molecular flexibility index (Phi) is 4.71. The quantitative estimate of drug-likeness (QED) is 0.844. The van der Waals surface area contributed by atoms with Gasteiger partial charge in [-0.05, 0) is 24.6 Å². The molecule has 0 aliphatic heterocycles. The molecule has 0 saturated heterocycles. The zero-order valence-electron chi connectivity index (χ0n) is 12.1. The molecule has 0 unspecified atom stereocenters. The molecule has 1 heterocycles. The molecule has 0 amide bonds. The van der Waals surface area contributed by atoms with Crippen molar-refractivity contribution in [2.45, 2.75) is 26.1 Å². The molecule has 116 valence electrons. The van der Waals surface area contributed by atoms with Gasteiger partial charge in [0, 0.05) is 18.1 Å². The highest BCUT2D eigenvalue weighted by Crippen LogP contribution is 2.34. The van der Waals surface area contributed by atoms with E-state index in [9.17, 15) is 13.2 Å². The van der Waals surface area contributed by atoms with Gasteiger partial charge in [-0.15, -0.1) is 11.3 Å². The van der Waals surface area contributed by atoms with Crippen LogP contribution in [-0.4, -0.2) is 12.0 Å². The monoisotopic (exact) mass is 325 g/mol. The average molecular weight is 325 g/mol. The molecular formula is C15H14F3N3S. The largest absolute Gasteiger partial charge is 0.417 e. The van der Waals surface area contributed by atoms with E-state index in [2.05, 4.69) is 4.98 Å². The van der Waals surface area contributed by atoms with E-state index < -0.39 is 11.7 Å². The first-order valence-corrected chi connectivity index (χ1v) is 7.49. The molecule has 22 heavy (non-hydrogen) atoms. The highest BCUT2D eigenvalue weighted by Gasteiger charge is 2.34. The van der Waals surface area contributed by atoms with Gasteiger partial charge in [-0.3, -0.25) is 0 Å². The van der Waals surface area contributed by atoms with Crippen LogP contribution in [0.5, 0.6) is 0 Å². The third-order valence-electron chi connectivity index (χ3n) is 3.17. The highest BCUT2D eigenvalue weighted by atomic mass is 32.1. The summed E-state index contributed by atoms with van der Waals surface area (Å²) in [5.74, 6) is 0. The van der Waals surface area contributed by atoms with Gasteiger partial charge in [-0.25, -0.2) is 4.98 Å². The molecule has 0 fully saturated rings. The molecule has 0 saturated carbocycles. The Bertz CT molecular complexity index is 701. The molecule has 7 heteroatoms. The summed E-state index contributed by atoms with van der Waals surface area (Å²) in [6, 6.07) is 5.30. The standard InChI is InChI=1S/C15H14F3N3S/c1-3-14-20-11(9-22-14)8-21(2)12-5-4-10(7-19)13(6-12)15(16,17)18/h4-6,9H,3,8H2,1-2H3. The number of thiazole rings is 1. The van der Waals surface area contributed by atoms with E-state index in [0.29, 0.717) is 12.2 Å². The first-order valence-electron chi connectivity index (χ1n) is 6.61. The number of aromatic nitrogens is 1. The van der Waals surface area contributed by atoms with E-state index in [0.717, 1.165) is 23.2 Å². The molecule has 2 rings (SSSR count). The van der Waals surface area contributed by atoms with Crippen LogP contribution in [0.2, 0.25) is 0 Å². The van der Waals surface area contributed by atoms with E-state index >= 15 is 0 Å². The SMILES string of the molecule is CCc1nc(CN(C)c2ccc(C#N)c(C(F)(F)F)c2)cs1. The highest BCUT2D eigenvalue weighted by molar-refractivity contribution is 7.09. The van der Waals surface area contributed by atoms with Gasteiger partial charge in [0.25, 0.3) is 0 Å². The van der Waals surface area contributed by atoms with E-state index in [-0.39, 0.29) is 5.56 Å². The molecule has 1 aromatic heterocycles. The van der Waals surface area contributed by atoms with Crippen LogP contribution in [-0.2, 0) is 19.1 Å². The normalized spacial score (nSPS) is 11.3. The molecule has 0 radical (unpaired) electrons. The van der Waals surface area contributed by atoms with Crippen LogP contribution >= 0.6 is 11.3 Å². The van der Waals surface area contributed by atoms with Crippen molar-refractivity contribution in [3.63, 3.8) is 0 Å². The Morgan fingerprint density at radius 3 is 2.64 bits per heavy atom. The second-order valence-corrected chi connectivity index (χ2v) is 5.72. The van der Waals surface area contributed by atoms with E-state index in [1.165, 1.54) is 23.5 Å². The number of anilines is 1. The minimum absolute atomic E-state index is 0.369. The maximum atomic E-state index is 13.0. The number of nitrogens with zero attached hydrogens (tertiary/aromatic N) is 3. The van der Waals surface area contributed by atoms with Crippen LogP contribution in [0.3, 0.4) is 0 Å². The Hall–Kier alpha value is -2.07. The predicted molar refractivity (Wildman–Crippen MR) is 79.8 cm³/mol. The Labute approximate surface area is 130 Å². The van der Waals surface area contributed by atoms with E-state index in [1.54, 1.807) is 18.0 Å². The van der Waals surface area contributed by atoms with Gasteiger partial charge in [-0.2, -0.15) is 18.4 Å². The molecule has 2 aromatic rings. The number of aryl methyl sites for hydroxylation is 1. The number of hydrogen-bond acceptors (Lipinski definition) is 4. The van der Waals surface area contributed by atoms with Crippen molar-refractivity contribution in [3.05, 3.63) is 45.4 Å². The maximum Gasteiger partial charge on any atom is 0.417 e. The minimum atomic E-state index is -4.54. The van der Waals surface area contributed by atoms with Gasteiger partial charge in [0.2, 0.25) is 0 Å². The fourth-order valence-corrected chi connectivity index (χ4v) is 2.76. The maximum absolute atomic E-state index is 13.0. The van der Waals surface area contributed by atoms with Gasteiger partial charge < -0.3 is 4.90 Å². The fraction of sp³-hybridized carbons (Fsp3) is 0.333. The lowest BCUT2D eigenvalue weighted by molar-refractivity contribution is -0.137. The molecule has 3 nitrogen and oxygen atoms in total. The number of alkyl halides is 3. The van der Waals surface area contributed by atoms with Gasteiger partial charge in [-0.1, -0.05) is 6.92 Å². The van der Waals surface area contributed by atoms with Crippen molar-refractivity contribution in [1.29, 1.82) is 5.26 Å². The van der Waals surface area contributed by atoms with Crippen molar-refractivity contribution in [2.75, 3.05) is 11.9 Å². The zero-order valence-corrected chi connectivity index (χ0v) is 12.9. The molecule has 0 N–H and O–H groups in total. The second kappa shape index (κ2) is 6.36. The smallest absolute Gasteiger partial charge is 0.369 e. The predicted octanol–water partition coefficient (Wildman–Crippen LogP) is 4.23. The molecule has 0 atom stereocenters. The molecule has 0 spiro atoms. The third-order valence-corrected chi connectivity index (χ3v) is 4.21. The molecule has 0 aliphatic rings. The first kappa shape index (κ1) is 16.3. The van der Waals surface area contributed by atoms with Gasteiger partial charge in [0.1, 0.15) is 0 Å². The van der Waals surface area contributed by atoms with Crippen LogP contribution in [0.15, 0.2) is 23.6 Å². The summed E-state index contributed by atoms with van der Waals surface area (Å²) in [6.07, 6.45) is -3.71. The topological polar surface area (TPSA) is 39.9 Å². The van der Waals surface area contributed by atoms with Crippen molar-refractivity contribution >= 4 is 17.0 Å². The number of benzene rings is 1. The number of halogens is 3. The minimum Gasteiger partial charge on any atom is -0.369 e. The Morgan fingerprint density at radius 1 is 1.36 bits per heavy atom. The van der Waals surface area contributed by atoms with Gasteiger partial charge in [0.15, 0.2) is 0 Å². The number of nitriles is 1.